The van der Waals surface area contributed by atoms with Gasteiger partial charge < -0.3 is 4.90 Å². The van der Waals surface area contributed by atoms with Crippen molar-refractivity contribution in [2.75, 3.05) is 32.7 Å². The summed E-state index contributed by atoms with van der Waals surface area (Å²) in [7, 11) is -3.52. The van der Waals surface area contributed by atoms with Gasteiger partial charge in [-0.2, -0.15) is 4.31 Å². The molecule has 4 rings (SSSR count). The van der Waals surface area contributed by atoms with Gasteiger partial charge in [0, 0.05) is 37.2 Å². The molecule has 11 heteroatoms. The summed E-state index contributed by atoms with van der Waals surface area (Å²) in [4.78, 5) is 18.9. The maximum atomic E-state index is 12.8. The fourth-order valence-corrected chi connectivity index (χ4v) is 4.95. The lowest BCUT2D eigenvalue weighted by atomic mass is 10.1. The van der Waals surface area contributed by atoms with E-state index in [0.717, 1.165) is 4.47 Å². The molecule has 140 valence electrons. The lowest BCUT2D eigenvalue weighted by Crippen LogP contribution is -2.58. The number of nitrogens with one attached hydrogen (secondary N) is 3. The highest BCUT2D eigenvalue weighted by Gasteiger charge is 2.39. The topological polar surface area (TPSA) is 106 Å². The summed E-state index contributed by atoms with van der Waals surface area (Å²) in [6.07, 6.45) is -0.275. The fourth-order valence-electron chi connectivity index (χ4n) is 3.27. The molecule has 2 unspecified atom stereocenters. The number of nitrogens with zero attached hydrogens (tertiary/aromatic N) is 3. The minimum Gasteiger partial charge on any atom is -0.340 e. The zero-order chi connectivity index (χ0) is 18.3. The number of benzene rings is 1. The molecule has 3 aliphatic heterocycles. The van der Waals surface area contributed by atoms with E-state index in [9.17, 15) is 13.2 Å². The van der Waals surface area contributed by atoms with Crippen LogP contribution in [0.4, 0.5) is 0 Å². The van der Waals surface area contributed by atoms with Gasteiger partial charge in [0.25, 0.3) is 0 Å². The molecule has 3 N–H and O–H groups in total. The molecule has 0 radical (unpaired) electrons. The molecule has 0 aliphatic carbocycles. The Hall–Kier alpha value is -1.53. The number of carbonyl (C=O) groups excluding carboxylic acids is 1. The Bertz CT molecular complexity index is 835. The third kappa shape index (κ3) is 3.25. The third-order valence-corrected chi connectivity index (χ3v) is 7.22. The van der Waals surface area contributed by atoms with Crippen molar-refractivity contribution in [3.8, 4) is 0 Å². The van der Waals surface area contributed by atoms with Crippen LogP contribution in [0.15, 0.2) is 38.6 Å². The molecule has 0 saturated carbocycles. The van der Waals surface area contributed by atoms with Crippen LogP contribution in [0.5, 0.6) is 0 Å². The minimum absolute atomic E-state index is 0.0672. The highest BCUT2D eigenvalue weighted by atomic mass is 79.9. The Labute approximate surface area is 160 Å². The number of aliphatic imine (C=N–C) groups is 1. The molecule has 3 heterocycles. The number of piperazine rings is 1. The van der Waals surface area contributed by atoms with Crippen LogP contribution >= 0.6 is 15.9 Å². The highest BCUT2D eigenvalue weighted by Crippen LogP contribution is 2.21. The number of hydrogen-bond acceptors (Lipinski definition) is 7. The number of sulfonamides is 1. The number of hydrazine groups is 1. The first-order valence-electron chi connectivity index (χ1n) is 8.33. The van der Waals surface area contributed by atoms with Gasteiger partial charge in [0.15, 0.2) is 0 Å². The van der Waals surface area contributed by atoms with Gasteiger partial charge in [0.1, 0.15) is 6.17 Å². The van der Waals surface area contributed by atoms with Crippen molar-refractivity contribution < 1.29 is 13.2 Å². The van der Waals surface area contributed by atoms with Crippen LogP contribution in [0.2, 0.25) is 0 Å². The summed E-state index contributed by atoms with van der Waals surface area (Å²) < 4.78 is 27.8. The van der Waals surface area contributed by atoms with Crippen LogP contribution < -0.4 is 16.2 Å². The van der Waals surface area contributed by atoms with Gasteiger partial charge in [0.05, 0.1) is 10.8 Å². The molecular formula is C15H19BrN6O3S. The normalized spacial score (nSPS) is 27.0. The standard InChI is InChI=1S/C15H19BrN6O3S/c16-10-1-3-11(4-2-10)26(24,25)22-7-5-21(6-8-22)15-18-13-12(9-17-20-13)14(23)19-15/h1-4,12-13,17,20H,5-9H2,(H,18,19,23). The zero-order valence-electron chi connectivity index (χ0n) is 13.9. The zero-order valence-corrected chi connectivity index (χ0v) is 16.3. The van der Waals surface area contributed by atoms with Crippen LogP contribution in [0.1, 0.15) is 0 Å². The third-order valence-electron chi connectivity index (χ3n) is 4.78. The average Bonchev–Trinajstić information content (AvgIpc) is 3.11. The van der Waals surface area contributed by atoms with E-state index in [2.05, 4.69) is 37.1 Å². The van der Waals surface area contributed by atoms with Crippen molar-refractivity contribution in [1.29, 1.82) is 0 Å². The van der Waals surface area contributed by atoms with Crippen LogP contribution in [-0.4, -0.2) is 68.4 Å². The molecule has 3 aliphatic rings. The highest BCUT2D eigenvalue weighted by molar-refractivity contribution is 9.10. The predicted octanol–water partition coefficient (Wildman–Crippen LogP) is -0.709. The van der Waals surface area contributed by atoms with E-state index < -0.39 is 10.0 Å². The molecule has 1 aromatic rings. The van der Waals surface area contributed by atoms with E-state index in [1.54, 1.807) is 24.3 Å². The van der Waals surface area contributed by atoms with Crippen LogP contribution in [-0.2, 0) is 14.8 Å². The summed E-state index contributed by atoms with van der Waals surface area (Å²) >= 11 is 3.31. The summed E-state index contributed by atoms with van der Waals surface area (Å²) in [6.45, 7) is 2.17. The summed E-state index contributed by atoms with van der Waals surface area (Å²) in [6, 6.07) is 6.62. The maximum absolute atomic E-state index is 12.8. The first-order valence-corrected chi connectivity index (χ1v) is 10.6. The van der Waals surface area contributed by atoms with Gasteiger partial charge >= 0.3 is 0 Å². The lowest BCUT2D eigenvalue weighted by molar-refractivity contribution is -0.124. The molecule has 9 nitrogen and oxygen atoms in total. The van der Waals surface area contributed by atoms with Crippen LogP contribution in [0, 0.1) is 5.92 Å². The van der Waals surface area contributed by atoms with E-state index in [1.807, 2.05) is 4.90 Å². The molecule has 0 aromatic heterocycles. The fraction of sp³-hybridized carbons (Fsp3) is 0.467. The smallest absolute Gasteiger partial charge is 0.243 e. The second kappa shape index (κ2) is 6.89. The predicted molar refractivity (Wildman–Crippen MR) is 98.5 cm³/mol. The molecule has 0 spiro atoms. The molecule has 0 bridgehead atoms. The van der Waals surface area contributed by atoms with Crippen molar-refractivity contribution in [2.24, 2.45) is 10.9 Å². The molecule has 2 atom stereocenters. The van der Waals surface area contributed by atoms with Crippen molar-refractivity contribution >= 4 is 37.8 Å². The molecule has 26 heavy (non-hydrogen) atoms. The van der Waals surface area contributed by atoms with Crippen molar-refractivity contribution in [2.45, 2.75) is 11.1 Å². The van der Waals surface area contributed by atoms with Gasteiger partial charge in [-0.3, -0.25) is 15.5 Å². The largest absolute Gasteiger partial charge is 0.340 e. The average molecular weight is 443 g/mol. The van der Waals surface area contributed by atoms with Crippen molar-refractivity contribution in [1.82, 2.24) is 25.4 Å². The van der Waals surface area contributed by atoms with E-state index in [4.69, 9.17) is 0 Å². The van der Waals surface area contributed by atoms with E-state index in [0.29, 0.717) is 38.7 Å². The summed E-state index contributed by atoms with van der Waals surface area (Å²) in [5.41, 5.74) is 5.92. The number of fused-ring (bicyclic) bond motifs is 1. The first-order chi connectivity index (χ1) is 12.4. The first kappa shape index (κ1) is 17.9. The molecular weight excluding hydrogens is 424 g/mol. The number of amides is 1. The van der Waals surface area contributed by atoms with Gasteiger partial charge in [-0.05, 0) is 24.3 Å². The quantitative estimate of drug-likeness (QED) is 0.558. The Kier molecular flexibility index (Phi) is 4.73. The molecule has 1 amide bonds. The van der Waals surface area contributed by atoms with Gasteiger partial charge in [-0.15, -0.1) is 0 Å². The molecule has 1 aromatic carbocycles. The Balaban J connectivity index is 1.44. The molecule has 2 fully saturated rings. The van der Waals surface area contributed by atoms with E-state index in [-0.39, 0.29) is 22.9 Å². The van der Waals surface area contributed by atoms with Crippen LogP contribution in [0.25, 0.3) is 0 Å². The number of hydrogen-bond donors (Lipinski definition) is 3. The molecule has 2 saturated heterocycles. The second-order valence-corrected chi connectivity index (χ2v) is 9.22. The number of carbonyl (C=O) groups is 1. The van der Waals surface area contributed by atoms with Gasteiger partial charge in [0.2, 0.25) is 21.9 Å². The van der Waals surface area contributed by atoms with Crippen molar-refractivity contribution in [3.05, 3.63) is 28.7 Å². The number of halogens is 1. The number of guanidine groups is 1. The second-order valence-electron chi connectivity index (χ2n) is 6.36. The monoisotopic (exact) mass is 442 g/mol. The lowest BCUT2D eigenvalue weighted by Gasteiger charge is -2.37. The summed E-state index contributed by atoms with van der Waals surface area (Å²) in [5.74, 6) is 0.230. The summed E-state index contributed by atoms with van der Waals surface area (Å²) in [5, 5.41) is 2.83. The van der Waals surface area contributed by atoms with E-state index in [1.165, 1.54) is 4.31 Å². The van der Waals surface area contributed by atoms with Gasteiger partial charge in [-0.25, -0.2) is 18.8 Å². The maximum Gasteiger partial charge on any atom is 0.243 e. The van der Waals surface area contributed by atoms with Crippen LogP contribution in [0.3, 0.4) is 0 Å². The van der Waals surface area contributed by atoms with Gasteiger partial charge in [-0.1, -0.05) is 15.9 Å². The Morgan fingerprint density at radius 1 is 1.12 bits per heavy atom. The minimum atomic E-state index is -3.52. The SMILES string of the molecule is O=C1NC(N2CCN(S(=O)(=O)c3ccc(Br)cc3)CC2)=NC2NNCC12. The Morgan fingerprint density at radius 2 is 1.81 bits per heavy atom. The Morgan fingerprint density at radius 3 is 2.50 bits per heavy atom. The number of rotatable bonds is 2. The van der Waals surface area contributed by atoms with Crippen molar-refractivity contribution in [3.63, 3.8) is 0 Å². The van der Waals surface area contributed by atoms with E-state index >= 15 is 0 Å².